The zero-order valence-electron chi connectivity index (χ0n) is 4.42. The summed E-state index contributed by atoms with van der Waals surface area (Å²) in [5.74, 6) is 1.81. The highest BCUT2D eigenvalue weighted by molar-refractivity contribution is 7.98. The van der Waals surface area contributed by atoms with Crippen molar-refractivity contribution in [3.8, 4) is 0 Å². The first-order valence-electron chi connectivity index (χ1n) is 2.16. The molecule has 0 aromatic rings. The lowest BCUT2D eigenvalue weighted by Gasteiger charge is -2.02. The van der Waals surface area contributed by atoms with Crippen molar-refractivity contribution in [2.45, 2.75) is 13.5 Å². The van der Waals surface area contributed by atoms with Crippen LogP contribution in [0, 0.1) is 0 Å². The zero-order chi connectivity index (χ0) is 5.70. The van der Waals surface area contributed by atoms with Crippen molar-refractivity contribution in [3.05, 3.63) is 0 Å². The van der Waals surface area contributed by atoms with Crippen LogP contribution in [0.5, 0.6) is 0 Å². The van der Waals surface area contributed by atoms with Gasteiger partial charge in [0, 0.05) is 17.5 Å². The van der Waals surface area contributed by atoms with Crippen LogP contribution in [0.3, 0.4) is 0 Å². The van der Waals surface area contributed by atoms with Crippen LogP contribution in [-0.2, 0) is 0 Å². The third-order valence-electron chi connectivity index (χ3n) is 0.615. The predicted octanol–water partition coefficient (Wildman–Crippen LogP) is 1.24. The number of thioether (sulfide) groups is 1. The fraction of sp³-hybridized carbons (Fsp3) is 1.00. The molecule has 0 aliphatic carbocycles. The molecular formula is C5H15NS2. The van der Waals surface area contributed by atoms with Crippen molar-refractivity contribution < 1.29 is 0 Å². The Morgan fingerprint density at radius 1 is 1.75 bits per heavy atom. The second-order valence-corrected chi connectivity index (χ2v) is 2.67. The van der Waals surface area contributed by atoms with Gasteiger partial charge in [-0.2, -0.15) is 24.4 Å². The molecule has 0 amide bonds. The fourth-order valence-electron chi connectivity index (χ4n) is 0.267. The minimum atomic E-state index is 0. The Morgan fingerprint density at radius 3 is 2.38 bits per heavy atom. The highest BCUT2D eigenvalue weighted by Crippen LogP contribution is 1.94. The minimum Gasteiger partial charge on any atom is -0.326 e. The number of rotatable bonds is 3. The molecule has 3 heteroatoms. The SMILES string of the molecule is C.CSCC(N)CS. The lowest BCUT2D eigenvalue weighted by atomic mass is 10.4. The standard InChI is InChI=1S/C4H11NS2.CH4/c1-7-3-4(5)2-6;/h4,6H,2-3,5H2,1H3;1H4. The molecule has 0 aliphatic heterocycles. The summed E-state index contributed by atoms with van der Waals surface area (Å²) in [5.41, 5.74) is 5.49. The maximum absolute atomic E-state index is 5.49. The zero-order valence-corrected chi connectivity index (χ0v) is 6.14. The topological polar surface area (TPSA) is 26.0 Å². The molecule has 1 nitrogen and oxygen atoms in total. The number of hydrogen-bond acceptors (Lipinski definition) is 3. The van der Waals surface area contributed by atoms with Gasteiger partial charge >= 0.3 is 0 Å². The van der Waals surface area contributed by atoms with Crippen molar-refractivity contribution in [2.24, 2.45) is 5.73 Å². The third kappa shape index (κ3) is 6.66. The highest BCUT2D eigenvalue weighted by atomic mass is 32.2. The van der Waals surface area contributed by atoms with E-state index >= 15 is 0 Å². The van der Waals surface area contributed by atoms with E-state index < -0.39 is 0 Å². The van der Waals surface area contributed by atoms with Crippen molar-refractivity contribution >= 4 is 24.4 Å². The molecule has 0 fully saturated rings. The summed E-state index contributed by atoms with van der Waals surface area (Å²) >= 11 is 5.77. The average Bonchev–Trinajstić information content (AvgIpc) is 1.68. The number of hydrogen-bond donors (Lipinski definition) is 2. The average molecular weight is 153 g/mol. The van der Waals surface area contributed by atoms with E-state index in [0.717, 1.165) is 11.5 Å². The highest BCUT2D eigenvalue weighted by Gasteiger charge is 1.93. The maximum Gasteiger partial charge on any atom is 0.0219 e. The van der Waals surface area contributed by atoms with Crippen LogP contribution in [0.25, 0.3) is 0 Å². The molecule has 0 heterocycles. The Bertz CT molecular complexity index is 41.4. The Morgan fingerprint density at radius 2 is 2.25 bits per heavy atom. The van der Waals surface area contributed by atoms with E-state index in [9.17, 15) is 0 Å². The van der Waals surface area contributed by atoms with Crippen LogP contribution < -0.4 is 5.73 Å². The molecule has 2 N–H and O–H groups in total. The quantitative estimate of drug-likeness (QED) is 0.597. The van der Waals surface area contributed by atoms with E-state index in [1.807, 2.05) is 6.26 Å². The van der Waals surface area contributed by atoms with Crippen molar-refractivity contribution in [3.63, 3.8) is 0 Å². The summed E-state index contributed by atoms with van der Waals surface area (Å²) < 4.78 is 0. The van der Waals surface area contributed by atoms with E-state index in [1.54, 1.807) is 11.8 Å². The molecule has 0 radical (unpaired) electrons. The van der Waals surface area contributed by atoms with E-state index in [-0.39, 0.29) is 13.5 Å². The fourth-order valence-corrected chi connectivity index (χ4v) is 1.12. The molecule has 0 bridgehead atoms. The lowest BCUT2D eigenvalue weighted by Crippen LogP contribution is -2.24. The van der Waals surface area contributed by atoms with Gasteiger partial charge in [-0.15, -0.1) is 0 Å². The summed E-state index contributed by atoms with van der Waals surface area (Å²) in [7, 11) is 0. The first kappa shape index (κ1) is 11.5. The monoisotopic (exact) mass is 153 g/mol. The number of thiol groups is 1. The molecule has 8 heavy (non-hydrogen) atoms. The van der Waals surface area contributed by atoms with Crippen molar-refractivity contribution in [2.75, 3.05) is 17.8 Å². The van der Waals surface area contributed by atoms with Gasteiger partial charge in [0.1, 0.15) is 0 Å². The summed E-state index contributed by atoms with van der Waals surface area (Å²) in [6.07, 6.45) is 2.04. The van der Waals surface area contributed by atoms with Crippen LogP contribution in [0.15, 0.2) is 0 Å². The van der Waals surface area contributed by atoms with Gasteiger partial charge in [-0.1, -0.05) is 7.43 Å². The Labute approximate surface area is 61.8 Å². The molecule has 0 aromatic carbocycles. The smallest absolute Gasteiger partial charge is 0.0219 e. The van der Waals surface area contributed by atoms with Gasteiger partial charge in [0.15, 0.2) is 0 Å². The molecule has 1 atom stereocenters. The lowest BCUT2D eigenvalue weighted by molar-refractivity contribution is 0.864. The largest absolute Gasteiger partial charge is 0.326 e. The number of nitrogens with two attached hydrogens (primary N) is 1. The van der Waals surface area contributed by atoms with Gasteiger partial charge in [0.05, 0.1) is 0 Å². The normalized spacial score (nSPS) is 12.4. The van der Waals surface area contributed by atoms with Gasteiger partial charge in [-0.3, -0.25) is 0 Å². The van der Waals surface area contributed by atoms with Crippen molar-refractivity contribution in [1.29, 1.82) is 0 Å². The van der Waals surface area contributed by atoms with E-state index in [4.69, 9.17) is 5.73 Å². The van der Waals surface area contributed by atoms with Crippen molar-refractivity contribution in [1.82, 2.24) is 0 Å². The van der Waals surface area contributed by atoms with Crippen LogP contribution in [0.4, 0.5) is 0 Å². The molecule has 0 aliphatic rings. The van der Waals surface area contributed by atoms with Gasteiger partial charge in [0.25, 0.3) is 0 Å². The predicted molar refractivity (Wildman–Crippen MR) is 46.9 cm³/mol. The molecule has 0 saturated carbocycles. The van der Waals surface area contributed by atoms with Gasteiger partial charge in [-0.05, 0) is 6.26 Å². The van der Waals surface area contributed by atoms with Crippen LogP contribution in [-0.4, -0.2) is 23.8 Å². The molecule has 0 aromatic heterocycles. The van der Waals surface area contributed by atoms with E-state index in [2.05, 4.69) is 12.6 Å². The van der Waals surface area contributed by atoms with Gasteiger partial charge in [0.2, 0.25) is 0 Å². The molecule has 0 rings (SSSR count). The third-order valence-corrected chi connectivity index (χ3v) is 1.85. The van der Waals surface area contributed by atoms with Gasteiger partial charge in [-0.25, -0.2) is 0 Å². The molecule has 0 spiro atoms. The summed E-state index contributed by atoms with van der Waals surface area (Å²) in [5, 5.41) is 0. The van der Waals surface area contributed by atoms with Crippen LogP contribution in [0.2, 0.25) is 0 Å². The summed E-state index contributed by atoms with van der Waals surface area (Å²) in [6.45, 7) is 0. The van der Waals surface area contributed by atoms with Crippen LogP contribution in [0.1, 0.15) is 7.43 Å². The Kier molecular flexibility index (Phi) is 11.0. The summed E-state index contributed by atoms with van der Waals surface area (Å²) in [4.78, 5) is 0. The molecule has 0 saturated heterocycles. The molecular weight excluding hydrogens is 138 g/mol. The minimum absolute atomic E-state index is 0. The van der Waals surface area contributed by atoms with E-state index in [0.29, 0.717) is 0 Å². The first-order chi connectivity index (χ1) is 3.31. The van der Waals surface area contributed by atoms with Gasteiger partial charge < -0.3 is 5.73 Å². The Balaban J connectivity index is 0. The Hall–Kier alpha value is 0.660. The first-order valence-corrected chi connectivity index (χ1v) is 4.19. The maximum atomic E-state index is 5.49. The summed E-state index contributed by atoms with van der Waals surface area (Å²) in [6, 6.07) is 0.276. The second-order valence-electron chi connectivity index (χ2n) is 1.40. The second kappa shape index (κ2) is 7.66. The molecule has 52 valence electrons. The van der Waals surface area contributed by atoms with Crippen LogP contribution >= 0.6 is 24.4 Å². The van der Waals surface area contributed by atoms with E-state index in [1.165, 1.54) is 0 Å². The molecule has 1 unspecified atom stereocenters.